The summed E-state index contributed by atoms with van der Waals surface area (Å²) < 4.78 is 0. The van der Waals surface area contributed by atoms with Crippen LogP contribution in [0.5, 0.6) is 0 Å². The number of hydrogen-bond donors (Lipinski definition) is 0. The average Bonchev–Trinajstić information content (AvgIpc) is 2.76. The number of hydrogen-bond acceptors (Lipinski definition) is 4. The SMILES string of the molecule is O=CC=Cc1ccc(-c2ncccn2)s1. The Kier molecular flexibility index (Phi) is 2.99. The van der Waals surface area contributed by atoms with Crippen molar-refractivity contribution in [2.45, 2.75) is 0 Å². The molecule has 0 unspecified atom stereocenters. The third kappa shape index (κ3) is 2.35. The van der Waals surface area contributed by atoms with E-state index in [1.165, 1.54) is 6.08 Å². The van der Waals surface area contributed by atoms with Gasteiger partial charge in [0.1, 0.15) is 6.29 Å². The van der Waals surface area contributed by atoms with Gasteiger partial charge in [0.2, 0.25) is 0 Å². The molecule has 2 aromatic rings. The first-order chi connectivity index (χ1) is 7.40. The topological polar surface area (TPSA) is 42.9 Å². The van der Waals surface area contributed by atoms with Crippen molar-refractivity contribution in [1.29, 1.82) is 0 Å². The predicted molar refractivity (Wildman–Crippen MR) is 60.4 cm³/mol. The van der Waals surface area contributed by atoms with Crippen LogP contribution in [-0.2, 0) is 4.79 Å². The Morgan fingerprint density at radius 2 is 2.00 bits per heavy atom. The van der Waals surface area contributed by atoms with Gasteiger partial charge in [-0.05, 0) is 30.4 Å². The smallest absolute Gasteiger partial charge is 0.169 e. The molecule has 0 saturated heterocycles. The van der Waals surface area contributed by atoms with Gasteiger partial charge in [0, 0.05) is 17.3 Å². The lowest BCUT2D eigenvalue weighted by molar-refractivity contribution is -0.104. The van der Waals surface area contributed by atoms with Gasteiger partial charge in [-0.3, -0.25) is 4.79 Å². The van der Waals surface area contributed by atoms with Gasteiger partial charge >= 0.3 is 0 Å². The third-order valence-electron chi connectivity index (χ3n) is 1.75. The summed E-state index contributed by atoms with van der Waals surface area (Å²) >= 11 is 1.56. The Morgan fingerprint density at radius 3 is 2.73 bits per heavy atom. The maximum absolute atomic E-state index is 10.1. The molecular weight excluding hydrogens is 208 g/mol. The van der Waals surface area contributed by atoms with E-state index in [0.29, 0.717) is 5.82 Å². The Labute approximate surface area is 91.1 Å². The van der Waals surface area contributed by atoms with Crippen molar-refractivity contribution in [3.05, 3.63) is 41.5 Å². The summed E-state index contributed by atoms with van der Waals surface area (Å²) in [6, 6.07) is 5.67. The lowest BCUT2D eigenvalue weighted by Crippen LogP contribution is -1.81. The molecule has 15 heavy (non-hydrogen) atoms. The molecule has 0 amide bonds. The summed E-state index contributed by atoms with van der Waals surface area (Å²) in [5.41, 5.74) is 0. The highest BCUT2D eigenvalue weighted by Crippen LogP contribution is 2.25. The number of aldehydes is 1. The molecule has 3 nitrogen and oxygen atoms in total. The van der Waals surface area contributed by atoms with Gasteiger partial charge in [-0.15, -0.1) is 11.3 Å². The highest BCUT2D eigenvalue weighted by atomic mass is 32.1. The lowest BCUT2D eigenvalue weighted by Gasteiger charge is -1.91. The van der Waals surface area contributed by atoms with E-state index in [9.17, 15) is 4.79 Å². The Balaban J connectivity index is 2.28. The molecule has 2 aromatic heterocycles. The molecule has 0 fully saturated rings. The lowest BCUT2D eigenvalue weighted by atomic mass is 10.4. The van der Waals surface area contributed by atoms with Gasteiger partial charge in [-0.25, -0.2) is 9.97 Å². The van der Waals surface area contributed by atoms with Gasteiger partial charge in [0.15, 0.2) is 5.82 Å². The molecule has 0 aliphatic carbocycles. The number of nitrogens with zero attached hydrogens (tertiary/aromatic N) is 2. The van der Waals surface area contributed by atoms with Gasteiger partial charge in [-0.2, -0.15) is 0 Å². The Hall–Kier alpha value is -1.81. The van der Waals surface area contributed by atoms with Gasteiger partial charge in [0.05, 0.1) is 4.88 Å². The van der Waals surface area contributed by atoms with E-state index in [-0.39, 0.29) is 0 Å². The number of allylic oxidation sites excluding steroid dienone is 1. The number of carbonyl (C=O) groups excluding carboxylic acids is 1. The first-order valence-electron chi connectivity index (χ1n) is 4.39. The molecule has 0 spiro atoms. The van der Waals surface area contributed by atoms with Crippen LogP contribution in [-0.4, -0.2) is 16.3 Å². The van der Waals surface area contributed by atoms with E-state index in [1.807, 2.05) is 12.1 Å². The molecule has 0 aromatic carbocycles. The van der Waals surface area contributed by atoms with Crippen LogP contribution >= 0.6 is 11.3 Å². The third-order valence-corrected chi connectivity index (χ3v) is 2.80. The Bertz CT molecular complexity index is 476. The van der Waals surface area contributed by atoms with Crippen LogP contribution in [0.25, 0.3) is 16.8 Å². The summed E-state index contributed by atoms with van der Waals surface area (Å²) in [6.07, 6.45) is 7.43. The molecule has 0 N–H and O–H groups in total. The molecule has 2 heterocycles. The maximum Gasteiger partial charge on any atom is 0.169 e. The van der Waals surface area contributed by atoms with E-state index in [4.69, 9.17) is 0 Å². The normalized spacial score (nSPS) is 10.7. The summed E-state index contributed by atoms with van der Waals surface area (Å²) in [6.45, 7) is 0. The van der Waals surface area contributed by atoms with Crippen molar-refractivity contribution < 1.29 is 4.79 Å². The molecule has 0 saturated carbocycles. The number of aromatic nitrogens is 2. The van der Waals surface area contributed by atoms with Crippen molar-refractivity contribution in [3.8, 4) is 10.7 Å². The van der Waals surface area contributed by atoms with Crippen molar-refractivity contribution in [1.82, 2.24) is 9.97 Å². The fraction of sp³-hybridized carbons (Fsp3) is 0. The van der Waals surface area contributed by atoms with E-state index in [1.54, 1.807) is 35.9 Å². The predicted octanol–water partition coefficient (Wildman–Crippen LogP) is 2.42. The number of thiophene rings is 1. The second-order valence-corrected chi connectivity index (χ2v) is 3.88. The van der Waals surface area contributed by atoms with Crippen LogP contribution < -0.4 is 0 Å². The fourth-order valence-corrected chi connectivity index (χ4v) is 1.99. The van der Waals surface area contributed by atoms with Gasteiger partial charge in [-0.1, -0.05) is 0 Å². The average molecular weight is 216 g/mol. The van der Waals surface area contributed by atoms with E-state index >= 15 is 0 Å². The first-order valence-corrected chi connectivity index (χ1v) is 5.21. The summed E-state index contributed by atoms with van der Waals surface area (Å²) in [7, 11) is 0. The van der Waals surface area contributed by atoms with Crippen molar-refractivity contribution >= 4 is 23.7 Å². The number of rotatable bonds is 3. The molecule has 0 bridgehead atoms. The largest absolute Gasteiger partial charge is 0.299 e. The van der Waals surface area contributed by atoms with E-state index in [2.05, 4.69) is 9.97 Å². The Morgan fingerprint density at radius 1 is 1.20 bits per heavy atom. The van der Waals surface area contributed by atoms with Gasteiger partial charge < -0.3 is 0 Å². The zero-order valence-corrected chi connectivity index (χ0v) is 8.65. The van der Waals surface area contributed by atoms with Crippen LogP contribution in [0.1, 0.15) is 4.88 Å². The van der Waals surface area contributed by atoms with Crippen LogP contribution in [0.4, 0.5) is 0 Å². The van der Waals surface area contributed by atoms with Crippen molar-refractivity contribution in [3.63, 3.8) is 0 Å². The fourth-order valence-electron chi connectivity index (χ4n) is 1.12. The minimum Gasteiger partial charge on any atom is -0.299 e. The van der Waals surface area contributed by atoms with Crippen LogP contribution in [0.3, 0.4) is 0 Å². The second-order valence-electron chi connectivity index (χ2n) is 2.77. The zero-order chi connectivity index (χ0) is 10.5. The highest BCUT2D eigenvalue weighted by Gasteiger charge is 2.02. The maximum atomic E-state index is 10.1. The zero-order valence-electron chi connectivity index (χ0n) is 7.83. The summed E-state index contributed by atoms with van der Waals surface area (Å²) in [5.74, 6) is 0.716. The molecule has 2 rings (SSSR count). The molecule has 4 heteroatoms. The molecule has 74 valence electrons. The van der Waals surface area contributed by atoms with Crippen LogP contribution in [0.2, 0.25) is 0 Å². The molecule has 0 radical (unpaired) electrons. The molecular formula is C11H8N2OS. The second kappa shape index (κ2) is 4.61. The van der Waals surface area contributed by atoms with Crippen LogP contribution in [0.15, 0.2) is 36.7 Å². The highest BCUT2D eigenvalue weighted by molar-refractivity contribution is 7.16. The first kappa shape index (κ1) is 9.73. The summed E-state index contributed by atoms with van der Waals surface area (Å²) in [5, 5.41) is 0. The molecule has 0 atom stereocenters. The van der Waals surface area contributed by atoms with Gasteiger partial charge in [0.25, 0.3) is 0 Å². The van der Waals surface area contributed by atoms with Crippen molar-refractivity contribution in [2.75, 3.05) is 0 Å². The van der Waals surface area contributed by atoms with E-state index in [0.717, 1.165) is 16.0 Å². The van der Waals surface area contributed by atoms with E-state index < -0.39 is 0 Å². The van der Waals surface area contributed by atoms with Crippen molar-refractivity contribution in [2.24, 2.45) is 0 Å². The standard InChI is InChI=1S/C11H8N2OS/c14-8-1-3-9-4-5-10(15-9)11-12-6-2-7-13-11/h1-8H. The minimum atomic E-state index is 0.716. The summed E-state index contributed by atoms with van der Waals surface area (Å²) in [4.78, 5) is 20.5. The monoisotopic (exact) mass is 216 g/mol. The minimum absolute atomic E-state index is 0.716. The molecule has 0 aliphatic rings. The van der Waals surface area contributed by atoms with Crippen LogP contribution in [0, 0.1) is 0 Å². The number of carbonyl (C=O) groups is 1. The quantitative estimate of drug-likeness (QED) is 0.584. The molecule has 0 aliphatic heterocycles.